The zero-order valence-electron chi connectivity index (χ0n) is 18.1. The summed E-state index contributed by atoms with van der Waals surface area (Å²) in [5, 5.41) is 15.3. The van der Waals surface area contributed by atoms with Crippen LogP contribution in [0.4, 0.5) is 26.4 Å². The van der Waals surface area contributed by atoms with Gasteiger partial charge in [-0.05, 0) is 50.7 Å². The number of imidazole rings is 1. The fourth-order valence-corrected chi connectivity index (χ4v) is 4.81. The topological polar surface area (TPSA) is 131 Å². The molecule has 2 saturated carbocycles. The van der Waals surface area contributed by atoms with Crippen LogP contribution in [0.2, 0.25) is 5.02 Å². The van der Waals surface area contributed by atoms with Crippen molar-refractivity contribution in [2.45, 2.75) is 56.7 Å². The molecule has 0 saturated heterocycles. The molecule has 2 aromatic heterocycles. The molecular formula is C22H24ClF2N7O2. The van der Waals surface area contributed by atoms with E-state index in [1.54, 1.807) is 10.8 Å². The predicted molar refractivity (Wildman–Crippen MR) is 123 cm³/mol. The van der Waals surface area contributed by atoms with Crippen LogP contribution >= 0.6 is 11.6 Å². The van der Waals surface area contributed by atoms with Crippen molar-refractivity contribution in [2.24, 2.45) is 11.7 Å². The first-order chi connectivity index (χ1) is 16.3. The highest BCUT2D eigenvalue weighted by Gasteiger charge is 2.31. The summed E-state index contributed by atoms with van der Waals surface area (Å²) in [4.78, 5) is 25.1. The highest BCUT2D eigenvalue weighted by Crippen LogP contribution is 2.38. The van der Waals surface area contributed by atoms with E-state index in [0.29, 0.717) is 55.6 Å². The monoisotopic (exact) mass is 491 g/mol. The average molecular weight is 492 g/mol. The summed E-state index contributed by atoms with van der Waals surface area (Å²) >= 11 is 5.86. The number of halogens is 3. The van der Waals surface area contributed by atoms with Gasteiger partial charge in [0.05, 0.1) is 17.3 Å². The van der Waals surface area contributed by atoms with Crippen molar-refractivity contribution in [3.63, 3.8) is 0 Å². The second kappa shape index (κ2) is 8.95. The Kier molecular flexibility index (Phi) is 5.98. The van der Waals surface area contributed by atoms with Crippen LogP contribution in [0.5, 0.6) is 0 Å². The number of hydrogen-bond acceptors (Lipinski definition) is 7. The summed E-state index contributed by atoms with van der Waals surface area (Å²) in [7, 11) is 0. The van der Waals surface area contributed by atoms with Gasteiger partial charge in [0, 0.05) is 18.0 Å². The van der Waals surface area contributed by atoms with E-state index < -0.39 is 17.3 Å². The summed E-state index contributed by atoms with van der Waals surface area (Å²) in [6.45, 7) is 0. The molecule has 9 nitrogen and oxygen atoms in total. The molecule has 0 bridgehead atoms. The number of nitrogens with two attached hydrogens (primary N) is 1. The number of anilines is 3. The molecule has 1 amide bonds. The summed E-state index contributed by atoms with van der Waals surface area (Å²) in [6.07, 6.45) is 4.86. The van der Waals surface area contributed by atoms with Gasteiger partial charge in [-0.25, -0.2) is 18.7 Å². The molecule has 12 heteroatoms. The number of aliphatic hydroxyl groups excluding tert-OH is 1. The van der Waals surface area contributed by atoms with E-state index in [1.807, 2.05) is 0 Å². The molecule has 34 heavy (non-hydrogen) atoms. The van der Waals surface area contributed by atoms with Crippen molar-refractivity contribution in [1.82, 2.24) is 19.5 Å². The van der Waals surface area contributed by atoms with E-state index in [-0.39, 0.29) is 41.0 Å². The van der Waals surface area contributed by atoms with Crippen LogP contribution < -0.4 is 16.4 Å². The number of aliphatic hydroxyl groups is 1. The zero-order valence-corrected chi connectivity index (χ0v) is 18.9. The first-order valence-corrected chi connectivity index (χ1v) is 11.6. The molecule has 2 heterocycles. The Morgan fingerprint density at radius 3 is 2.59 bits per heavy atom. The highest BCUT2D eigenvalue weighted by molar-refractivity contribution is 6.31. The quantitative estimate of drug-likeness (QED) is 0.387. The van der Waals surface area contributed by atoms with Gasteiger partial charge >= 0.3 is 0 Å². The van der Waals surface area contributed by atoms with Gasteiger partial charge in [-0.2, -0.15) is 4.98 Å². The van der Waals surface area contributed by atoms with Crippen molar-refractivity contribution < 1.29 is 18.7 Å². The maximum Gasteiger partial charge on any atom is 0.224 e. The SMILES string of the molecule is NC(=O)[C@H]1CC[C@@H](n2c(Nc3c(F)ccc(Cl)c3F)nc3cnc(N[C@H]4C[C@H](O)C4)nc32)CC1. The minimum atomic E-state index is -0.922. The third-order valence-corrected chi connectivity index (χ3v) is 6.92. The van der Waals surface area contributed by atoms with Gasteiger partial charge in [-0.3, -0.25) is 9.36 Å². The Morgan fingerprint density at radius 1 is 1.18 bits per heavy atom. The minimum absolute atomic E-state index is 0.0714. The third-order valence-electron chi connectivity index (χ3n) is 6.62. The number of nitrogens with zero attached hydrogens (tertiary/aromatic N) is 4. The van der Waals surface area contributed by atoms with E-state index in [1.165, 1.54) is 0 Å². The van der Waals surface area contributed by atoms with E-state index in [9.17, 15) is 18.7 Å². The van der Waals surface area contributed by atoms with Crippen LogP contribution in [0.25, 0.3) is 11.2 Å². The average Bonchev–Trinajstić information content (AvgIpc) is 3.15. The number of fused-ring (bicyclic) bond motifs is 1. The Bertz CT molecular complexity index is 1240. The molecule has 0 spiro atoms. The molecule has 2 aliphatic carbocycles. The van der Waals surface area contributed by atoms with E-state index in [4.69, 9.17) is 17.3 Å². The van der Waals surface area contributed by atoms with E-state index in [0.717, 1.165) is 12.1 Å². The van der Waals surface area contributed by atoms with Gasteiger partial charge in [0.1, 0.15) is 17.0 Å². The standard InChI is InChI=1S/C22H24ClF2N7O2/c23-14-5-6-15(24)18(17(14)25)30-22-29-16-9-27-21(28-11-7-13(33)8-11)31-20(16)32(22)12-3-1-10(2-4-12)19(26)34/h5-6,9-13,33H,1-4,7-8H2,(H2,26,34)(H,29,30)(H,27,28,31)/t10-,11-,12+,13-. The Labute approximate surface area is 198 Å². The van der Waals surface area contributed by atoms with Gasteiger partial charge in [0.15, 0.2) is 11.5 Å². The van der Waals surface area contributed by atoms with Crippen molar-refractivity contribution in [1.29, 1.82) is 0 Å². The van der Waals surface area contributed by atoms with E-state index in [2.05, 4.69) is 25.6 Å². The Balaban J connectivity index is 1.53. The molecular weight excluding hydrogens is 468 g/mol. The Hall–Kier alpha value is -3.05. The van der Waals surface area contributed by atoms with Crippen LogP contribution in [-0.4, -0.2) is 42.7 Å². The summed E-state index contributed by atoms with van der Waals surface area (Å²) in [5.74, 6) is -1.69. The van der Waals surface area contributed by atoms with Crippen molar-refractivity contribution in [2.75, 3.05) is 10.6 Å². The van der Waals surface area contributed by atoms with Gasteiger partial charge < -0.3 is 21.5 Å². The minimum Gasteiger partial charge on any atom is -0.393 e. The fourth-order valence-electron chi connectivity index (χ4n) is 4.65. The number of nitrogens with one attached hydrogen (secondary N) is 2. The third kappa shape index (κ3) is 4.25. The molecule has 180 valence electrons. The van der Waals surface area contributed by atoms with Crippen LogP contribution in [0.1, 0.15) is 44.6 Å². The molecule has 0 atom stereocenters. The van der Waals surface area contributed by atoms with Crippen molar-refractivity contribution in [3.8, 4) is 0 Å². The fraction of sp³-hybridized carbons (Fsp3) is 0.455. The molecule has 2 fully saturated rings. The zero-order chi connectivity index (χ0) is 24.0. The maximum atomic E-state index is 14.6. The summed E-state index contributed by atoms with van der Waals surface area (Å²) < 4.78 is 30.9. The van der Waals surface area contributed by atoms with Gasteiger partial charge in [-0.1, -0.05) is 11.6 Å². The van der Waals surface area contributed by atoms with Crippen LogP contribution in [0.15, 0.2) is 18.3 Å². The molecule has 0 radical (unpaired) electrons. The summed E-state index contributed by atoms with van der Waals surface area (Å²) in [5.41, 5.74) is 6.01. The number of hydrogen-bond donors (Lipinski definition) is 4. The van der Waals surface area contributed by atoms with Crippen LogP contribution in [0, 0.1) is 17.6 Å². The van der Waals surface area contributed by atoms with Gasteiger partial charge in [-0.15, -0.1) is 0 Å². The highest BCUT2D eigenvalue weighted by atomic mass is 35.5. The van der Waals surface area contributed by atoms with Crippen molar-refractivity contribution >= 4 is 46.3 Å². The lowest BCUT2D eigenvalue weighted by atomic mass is 9.85. The lowest BCUT2D eigenvalue weighted by molar-refractivity contribution is -0.122. The smallest absolute Gasteiger partial charge is 0.224 e. The number of aromatic nitrogens is 4. The molecule has 0 aliphatic heterocycles. The molecule has 1 aromatic carbocycles. The van der Waals surface area contributed by atoms with Crippen LogP contribution in [-0.2, 0) is 4.79 Å². The first-order valence-electron chi connectivity index (χ1n) is 11.2. The predicted octanol–water partition coefficient (Wildman–Crippen LogP) is 3.65. The lowest BCUT2D eigenvalue weighted by Crippen LogP contribution is -2.39. The van der Waals surface area contributed by atoms with Crippen molar-refractivity contribution in [3.05, 3.63) is 35.0 Å². The number of primary amides is 1. The number of amides is 1. The number of carbonyl (C=O) groups excluding carboxylic acids is 1. The summed E-state index contributed by atoms with van der Waals surface area (Å²) in [6, 6.07) is 2.17. The Morgan fingerprint density at radius 2 is 1.91 bits per heavy atom. The van der Waals surface area contributed by atoms with Gasteiger partial charge in [0.25, 0.3) is 0 Å². The van der Waals surface area contributed by atoms with E-state index >= 15 is 0 Å². The molecule has 5 rings (SSSR count). The molecule has 5 N–H and O–H groups in total. The molecule has 0 unspecified atom stereocenters. The lowest BCUT2D eigenvalue weighted by Gasteiger charge is -2.32. The van der Waals surface area contributed by atoms with Crippen LogP contribution in [0.3, 0.4) is 0 Å². The molecule has 2 aliphatic rings. The first kappa shape index (κ1) is 22.7. The number of benzene rings is 1. The molecule has 3 aromatic rings. The maximum absolute atomic E-state index is 14.6. The second-order valence-electron chi connectivity index (χ2n) is 8.93. The largest absolute Gasteiger partial charge is 0.393 e. The number of rotatable bonds is 6. The normalized spacial score (nSPS) is 24.6. The number of carbonyl (C=O) groups is 1. The second-order valence-corrected chi connectivity index (χ2v) is 9.33. The van der Waals surface area contributed by atoms with Gasteiger partial charge in [0.2, 0.25) is 17.8 Å².